The highest BCUT2D eigenvalue weighted by atomic mass is 35.5. The van der Waals surface area contributed by atoms with Crippen molar-refractivity contribution >= 4 is 18.3 Å². The van der Waals surface area contributed by atoms with Crippen molar-refractivity contribution < 1.29 is 4.79 Å². The number of carbonyl (C=O) groups is 1. The Morgan fingerprint density at radius 1 is 1.42 bits per heavy atom. The summed E-state index contributed by atoms with van der Waals surface area (Å²) in [5.74, 6) is 0.144. The minimum absolute atomic E-state index is 0. The number of halogens is 1. The van der Waals surface area contributed by atoms with Gasteiger partial charge < -0.3 is 10.2 Å². The van der Waals surface area contributed by atoms with E-state index in [0.29, 0.717) is 12.1 Å². The van der Waals surface area contributed by atoms with E-state index in [1.807, 2.05) is 23.4 Å². The summed E-state index contributed by atoms with van der Waals surface area (Å²) in [6, 6.07) is 0.989. The van der Waals surface area contributed by atoms with Crippen LogP contribution in [0.15, 0.2) is 6.20 Å². The molecule has 2 aliphatic rings. The molecule has 5 nitrogen and oxygen atoms in total. The lowest BCUT2D eigenvalue weighted by Crippen LogP contribution is -2.53. The molecule has 2 atom stereocenters. The number of likely N-dealkylation sites (tertiary alicyclic amines) is 1. The van der Waals surface area contributed by atoms with Gasteiger partial charge in [-0.1, -0.05) is 0 Å². The van der Waals surface area contributed by atoms with Gasteiger partial charge in [0, 0.05) is 37.4 Å². The van der Waals surface area contributed by atoms with E-state index in [1.54, 1.807) is 6.20 Å². The Morgan fingerprint density at radius 2 is 2.05 bits per heavy atom. The first-order chi connectivity index (χ1) is 8.69. The first-order valence-electron chi connectivity index (χ1n) is 6.76. The first kappa shape index (κ1) is 14.3. The maximum Gasteiger partial charge on any atom is 0.257 e. The molecule has 1 N–H and O–H groups in total. The number of hydrogen-bond acceptors (Lipinski definition) is 3. The Labute approximate surface area is 119 Å². The molecule has 3 rings (SSSR count). The van der Waals surface area contributed by atoms with Gasteiger partial charge in [-0.3, -0.25) is 9.48 Å². The standard InChI is InChI=1S/C13H20N4O.ClH/c1-3-17-9(2)12(6-14-17)13(18)16-7-10-4-5-11(8-16)15-10;/h6,10-11,15H,3-5,7-8H2,1-2H3;1H/t10-,11+;. The Hall–Kier alpha value is -1.07. The number of amides is 1. The van der Waals surface area contributed by atoms with Gasteiger partial charge in [-0.05, 0) is 26.7 Å². The minimum atomic E-state index is 0. The molecule has 1 amide bonds. The van der Waals surface area contributed by atoms with E-state index in [1.165, 1.54) is 12.8 Å². The van der Waals surface area contributed by atoms with E-state index in [-0.39, 0.29) is 18.3 Å². The number of rotatable bonds is 2. The summed E-state index contributed by atoms with van der Waals surface area (Å²) in [4.78, 5) is 14.5. The molecular weight excluding hydrogens is 264 g/mol. The molecule has 0 unspecified atom stereocenters. The fourth-order valence-corrected chi connectivity index (χ4v) is 3.11. The average molecular weight is 285 g/mol. The van der Waals surface area contributed by atoms with Crippen LogP contribution in [0.5, 0.6) is 0 Å². The summed E-state index contributed by atoms with van der Waals surface area (Å²) in [7, 11) is 0. The molecule has 106 valence electrons. The number of nitrogens with zero attached hydrogens (tertiary/aromatic N) is 3. The van der Waals surface area contributed by atoms with E-state index in [9.17, 15) is 4.79 Å². The first-order valence-corrected chi connectivity index (χ1v) is 6.76. The van der Waals surface area contributed by atoms with Crippen LogP contribution in [0.2, 0.25) is 0 Å². The summed E-state index contributed by atoms with van der Waals surface area (Å²) in [6.45, 7) is 6.50. The number of aromatic nitrogens is 2. The van der Waals surface area contributed by atoms with Crippen molar-refractivity contribution in [3.63, 3.8) is 0 Å². The third-order valence-corrected chi connectivity index (χ3v) is 4.14. The van der Waals surface area contributed by atoms with Crippen LogP contribution in [0.4, 0.5) is 0 Å². The molecule has 1 aromatic heterocycles. The number of carbonyl (C=O) groups excluding carboxylic acids is 1. The van der Waals surface area contributed by atoms with Gasteiger partial charge in [0.2, 0.25) is 0 Å². The highest BCUT2D eigenvalue weighted by Crippen LogP contribution is 2.22. The molecule has 0 saturated carbocycles. The zero-order valence-electron chi connectivity index (χ0n) is 11.4. The molecule has 19 heavy (non-hydrogen) atoms. The van der Waals surface area contributed by atoms with Gasteiger partial charge in [-0.15, -0.1) is 12.4 Å². The highest BCUT2D eigenvalue weighted by molar-refractivity contribution is 5.95. The third-order valence-electron chi connectivity index (χ3n) is 4.14. The van der Waals surface area contributed by atoms with Gasteiger partial charge in [0.25, 0.3) is 5.91 Å². The predicted octanol–water partition coefficient (Wildman–Crippen LogP) is 1.21. The van der Waals surface area contributed by atoms with Crippen LogP contribution in [0, 0.1) is 6.92 Å². The van der Waals surface area contributed by atoms with Crippen LogP contribution >= 0.6 is 12.4 Å². The average Bonchev–Trinajstić information content (AvgIpc) is 2.91. The van der Waals surface area contributed by atoms with Crippen molar-refractivity contribution in [1.29, 1.82) is 0 Å². The Balaban J connectivity index is 0.00000133. The Bertz CT molecular complexity index is 461. The zero-order valence-corrected chi connectivity index (χ0v) is 12.2. The van der Waals surface area contributed by atoms with Crippen LogP contribution in [0.25, 0.3) is 0 Å². The maximum absolute atomic E-state index is 12.5. The lowest BCUT2D eigenvalue weighted by molar-refractivity contribution is 0.0696. The van der Waals surface area contributed by atoms with Crippen LogP contribution in [0.3, 0.4) is 0 Å². The summed E-state index contributed by atoms with van der Waals surface area (Å²) < 4.78 is 1.88. The van der Waals surface area contributed by atoms with Crippen molar-refractivity contribution in [1.82, 2.24) is 20.0 Å². The monoisotopic (exact) mass is 284 g/mol. The molecule has 0 radical (unpaired) electrons. The lowest BCUT2D eigenvalue weighted by Gasteiger charge is -2.32. The molecule has 2 aliphatic heterocycles. The summed E-state index contributed by atoms with van der Waals surface area (Å²) in [6.07, 6.45) is 4.11. The molecular formula is C13H21ClN4O. The predicted molar refractivity (Wildman–Crippen MR) is 75.7 cm³/mol. The van der Waals surface area contributed by atoms with Crippen LogP contribution in [-0.2, 0) is 6.54 Å². The lowest BCUT2D eigenvalue weighted by atomic mass is 10.1. The molecule has 0 aliphatic carbocycles. The summed E-state index contributed by atoms with van der Waals surface area (Å²) in [5.41, 5.74) is 1.74. The number of hydrogen-bond donors (Lipinski definition) is 1. The van der Waals surface area contributed by atoms with E-state index in [4.69, 9.17) is 0 Å². The summed E-state index contributed by atoms with van der Waals surface area (Å²) >= 11 is 0. The molecule has 1 aromatic rings. The van der Waals surface area contributed by atoms with Gasteiger partial charge in [0.15, 0.2) is 0 Å². The fraction of sp³-hybridized carbons (Fsp3) is 0.692. The van der Waals surface area contributed by atoms with Gasteiger partial charge in [0.1, 0.15) is 0 Å². The Morgan fingerprint density at radius 3 is 2.58 bits per heavy atom. The molecule has 6 heteroatoms. The largest absolute Gasteiger partial charge is 0.335 e. The van der Waals surface area contributed by atoms with E-state index in [0.717, 1.165) is 30.9 Å². The van der Waals surface area contributed by atoms with Crippen molar-refractivity contribution in [3.8, 4) is 0 Å². The second kappa shape index (κ2) is 5.51. The van der Waals surface area contributed by atoms with Crippen molar-refractivity contribution in [2.45, 2.75) is 45.3 Å². The highest BCUT2D eigenvalue weighted by Gasteiger charge is 2.35. The van der Waals surface area contributed by atoms with E-state index < -0.39 is 0 Å². The van der Waals surface area contributed by atoms with E-state index in [2.05, 4.69) is 10.4 Å². The quantitative estimate of drug-likeness (QED) is 0.888. The zero-order chi connectivity index (χ0) is 12.7. The van der Waals surface area contributed by atoms with Crippen LogP contribution < -0.4 is 5.32 Å². The van der Waals surface area contributed by atoms with Crippen molar-refractivity contribution in [2.24, 2.45) is 0 Å². The smallest absolute Gasteiger partial charge is 0.257 e. The number of fused-ring (bicyclic) bond motifs is 2. The molecule has 3 heterocycles. The minimum Gasteiger partial charge on any atom is -0.335 e. The van der Waals surface area contributed by atoms with Crippen LogP contribution in [-0.4, -0.2) is 45.8 Å². The summed E-state index contributed by atoms with van der Waals surface area (Å²) in [5, 5.41) is 7.80. The second-order valence-corrected chi connectivity index (χ2v) is 5.31. The molecule has 0 aromatic carbocycles. The topological polar surface area (TPSA) is 50.2 Å². The van der Waals surface area contributed by atoms with E-state index >= 15 is 0 Å². The molecule has 2 saturated heterocycles. The number of aryl methyl sites for hydroxylation is 1. The fourth-order valence-electron chi connectivity index (χ4n) is 3.11. The number of nitrogens with one attached hydrogen (secondary N) is 1. The van der Waals surface area contributed by atoms with Gasteiger partial charge in [-0.25, -0.2) is 0 Å². The van der Waals surface area contributed by atoms with Gasteiger partial charge in [0.05, 0.1) is 11.8 Å². The third kappa shape index (κ3) is 2.49. The van der Waals surface area contributed by atoms with Crippen molar-refractivity contribution in [2.75, 3.05) is 13.1 Å². The maximum atomic E-state index is 12.5. The van der Waals surface area contributed by atoms with Gasteiger partial charge in [-0.2, -0.15) is 5.10 Å². The molecule has 0 spiro atoms. The second-order valence-electron chi connectivity index (χ2n) is 5.31. The van der Waals surface area contributed by atoms with Crippen molar-refractivity contribution in [3.05, 3.63) is 17.5 Å². The SMILES string of the molecule is CCn1ncc(C(=O)N2C[C@H]3CC[C@@H](C2)N3)c1C.Cl. The number of piperazine rings is 1. The Kier molecular flexibility index (Phi) is 4.16. The van der Waals surface area contributed by atoms with Gasteiger partial charge >= 0.3 is 0 Å². The molecule has 2 bridgehead atoms. The molecule has 2 fully saturated rings. The normalized spacial score (nSPS) is 25.3. The van der Waals surface area contributed by atoms with Crippen LogP contribution in [0.1, 0.15) is 35.8 Å².